The first kappa shape index (κ1) is 18.0. The van der Waals surface area contributed by atoms with Crippen LogP contribution in [0, 0.1) is 17.1 Å². The first-order valence-corrected chi connectivity index (χ1v) is 7.66. The summed E-state index contributed by atoms with van der Waals surface area (Å²) in [6, 6.07) is 14.8. The molecule has 0 unspecified atom stereocenters. The third-order valence-electron chi connectivity index (χ3n) is 3.41. The molecule has 0 aromatic heterocycles. The SMILES string of the molecule is COc1cccc(CCN/C=C(/C#N)C(=O)Nc2ccc(F)cc2)c1. The predicted molar refractivity (Wildman–Crippen MR) is 93.4 cm³/mol. The van der Waals surface area contributed by atoms with Crippen molar-refractivity contribution in [1.82, 2.24) is 5.32 Å². The van der Waals surface area contributed by atoms with Gasteiger partial charge in [0.2, 0.25) is 0 Å². The van der Waals surface area contributed by atoms with Crippen molar-refractivity contribution in [3.05, 3.63) is 71.7 Å². The molecule has 0 spiro atoms. The number of halogens is 1. The van der Waals surface area contributed by atoms with Gasteiger partial charge in [0.15, 0.2) is 0 Å². The van der Waals surface area contributed by atoms with Gasteiger partial charge >= 0.3 is 0 Å². The summed E-state index contributed by atoms with van der Waals surface area (Å²) in [5.41, 5.74) is 1.44. The molecule has 0 heterocycles. The van der Waals surface area contributed by atoms with Gasteiger partial charge in [0.05, 0.1) is 7.11 Å². The minimum Gasteiger partial charge on any atom is -0.497 e. The number of hydrogen-bond donors (Lipinski definition) is 2. The molecule has 128 valence electrons. The van der Waals surface area contributed by atoms with E-state index in [2.05, 4.69) is 10.6 Å². The van der Waals surface area contributed by atoms with E-state index >= 15 is 0 Å². The molecule has 0 aliphatic rings. The molecule has 6 heteroatoms. The fraction of sp³-hybridized carbons (Fsp3) is 0.158. The van der Waals surface area contributed by atoms with Crippen LogP contribution in [0.25, 0.3) is 0 Å². The van der Waals surface area contributed by atoms with Gasteiger partial charge in [-0.1, -0.05) is 12.1 Å². The van der Waals surface area contributed by atoms with E-state index in [9.17, 15) is 9.18 Å². The first-order valence-electron chi connectivity index (χ1n) is 7.66. The highest BCUT2D eigenvalue weighted by molar-refractivity contribution is 6.06. The number of carbonyl (C=O) groups excluding carboxylic acids is 1. The summed E-state index contributed by atoms with van der Waals surface area (Å²) in [7, 11) is 1.61. The monoisotopic (exact) mass is 339 g/mol. The van der Waals surface area contributed by atoms with Crippen molar-refractivity contribution in [2.24, 2.45) is 0 Å². The van der Waals surface area contributed by atoms with Crippen molar-refractivity contribution in [2.75, 3.05) is 19.0 Å². The van der Waals surface area contributed by atoms with E-state index < -0.39 is 11.7 Å². The number of ether oxygens (including phenoxy) is 1. The second-order valence-corrected chi connectivity index (χ2v) is 5.19. The van der Waals surface area contributed by atoms with Gasteiger partial charge in [0.25, 0.3) is 5.91 Å². The minimum absolute atomic E-state index is 0.0602. The maximum atomic E-state index is 12.8. The van der Waals surface area contributed by atoms with Gasteiger partial charge in [-0.05, 0) is 48.4 Å². The van der Waals surface area contributed by atoms with Gasteiger partial charge in [-0.3, -0.25) is 4.79 Å². The second kappa shape index (κ2) is 9.08. The molecular weight excluding hydrogens is 321 g/mol. The Morgan fingerprint density at radius 1 is 1.28 bits per heavy atom. The Balaban J connectivity index is 1.87. The highest BCUT2D eigenvalue weighted by Gasteiger charge is 2.09. The molecular formula is C19H18FN3O2. The summed E-state index contributed by atoms with van der Waals surface area (Å²) in [6.07, 6.45) is 2.09. The van der Waals surface area contributed by atoms with Crippen molar-refractivity contribution in [3.8, 4) is 11.8 Å². The summed E-state index contributed by atoms with van der Waals surface area (Å²) in [6.45, 7) is 0.558. The smallest absolute Gasteiger partial charge is 0.267 e. The summed E-state index contributed by atoms with van der Waals surface area (Å²) in [4.78, 5) is 12.0. The average Bonchev–Trinajstić information content (AvgIpc) is 2.63. The summed E-state index contributed by atoms with van der Waals surface area (Å²) >= 11 is 0. The topological polar surface area (TPSA) is 74.1 Å². The van der Waals surface area contributed by atoms with E-state index in [4.69, 9.17) is 10.00 Å². The minimum atomic E-state index is -0.553. The van der Waals surface area contributed by atoms with Crippen LogP contribution in [0.2, 0.25) is 0 Å². The van der Waals surface area contributed by atoms with Gasteiger partial charge in [-0.25, -0.2) is 4.39 Å². The number of nitrogens with one attached hydrogen (secondary N) is 2. The largest absolute Gasteiger partial charge is 0.497 e. The van der Waals surface area contributed by atoms with Crippen LogP contribution in [0.3, 0.4) is 0 Å². The normalized spacial score (nSPS) is 10.7. The lowest BCUT2D eigenvalue weighted by Crippen LogP contribution is -2.18. The molecule has 2 N–H and O–H groups in total. The Morgan fingerprint density at radius 2 is 2.04 bits per heavy atom. The zero-order chi connectivity index (χ0) is 18.1. The number of carbonyl (C=O) groups is 1. The lowest BCUT2D eigenvalue weighted by atomic mass is 10.1. The van der Waals surface area contributed by atoms with Crippen molar-refractivity contribution < 1.29 is 13.9 Å². The number of nitriles is 1. The molecule has 0 bridgehead atoms. The van der Waals surface area contributed by atoms with E-state index in [0.717, 1.165) is 11.3 Å². The van der Waals surface area contributed by atoms with E-state index in [1.165, 1.54) is 30.5 Å². The Hall–Kier alpha value is -3.33. The van der Waals surface area contributed by atoms with Gasteiger partial charge in [-0.2, -0.15) is 5.26 Å². The van der Waals surface area contributed by atoms with Gasteiger partial charge in [-0.15, -0.1) is 0 Å². The molecule has 0 saturated heterocycles. The molecule has 2 rings (SSSR count). The lowest BCUT2D eigenvalue weighted by Gasteiger charge is -2.06. The summed E-state index contributed by atoms with van der Waals surface area (Å²) in [5, 5.41) is 14.6. The van der Waals surface area contributed by atoms with E-state index in [0.29, 0.717) is 18.7 Å². The highest BCUT2D eigenvalue weighted by atomic mass is 19.1. The Morgan fingerprint density at radius 3 is 2.72 bits per heavy atom. The lowest BCUT2D eigenvalue weighted by molar-refractivity contribution is -0.112. The third-order valence-corrected chi connectivity index (χ3v) is 3.41. The van der Waals surface area contributed by atoms with Crippen LogP contribution in [-0.4, -0.2) is 19.6 Å². The molecule has 0 saturated carbocycles. The highest BCUT2D eigenvalue weighted by Crippen LogP contribution is 2.12. The third kappa shape index (κ3) is 5.66. The van der Waals surface area contributed by atoms with Crippen molar-refractivity contribution in [3.63, 3.8) is 0 Å². The molecule has 0 aliphatic heterocycles. The number of benzene rings is 2. The van der Waals surface area contributed by atoms with Crippen molar-refractivity contribution in [2.45, 2.75) is 6.42 Å². The van der Waals surface area contributed by atoms with Crippen LogP contribution in [0.5, 0.6) is 5.75 Å². The molecule has 25 heavy (non-hydrogen) atoms. The second-order valence-electron chi connectivity index (χ2n) is 5.19. The molecule has 5 nitrogen and oxygen atoms in total. The molecule has 2 aromatic carbocycles. The summed E-state index contributed by atoms with van der Waals surface area (Å²) < 4.78 is 18.0. The van der Waals surface area contributed by atoms with Crippen LogP contribution in [-0.2, 0) is 11.2 Å². The molecule has 1 amide bonds. The Kier molecular flexibility index (Phi) is 6.55. The molecule has 2 aromatic rings. The quantitative estimate of drug-likeness (QED) is 0.462. The van der Waals surface area contributed by atoms with Crippen LogP contribution < -0.4 is 15.4 Å². The fourth-order valence-electron chi connectivity index (χ4n) is 2.10. The number of methoxy groups -OCH3 is 1. The van der Waals surface area contributed by atoms with Crippen LogP contribution in [0.4, 0.5) is 10.1 Å². The van der Waals surface area contributed by atoms with E-state index in [1.54, 1.807) is 7.11 Å². The van der Waals surface area contributed by atoms with Crippen LogP contribution >= 0.6 is 0 Å². The van der Waals surface area contributed by atoms with Gasteiger partial charge in [0.1, 0.15) is 23.2 Å². The standard InChI is InChI=1S/C19H18FN3O2/c1-25-18-4-2-3-14(11-18)9-10-22-13-15(12-21)19(24)23-17-7-5-16(20)6-8-17/h2-8,11,13,22H,9-10H2,1H3,(H,23,24)/b15-13-. The number of nitrogens with zero attached hydrogens (tertiary/aromatic N) is 1. The van der Waals surface area contributed by atoms with Crippen molar-refractivity contribution >= 4 is 11.6 Å². The molecule has 0 fully saturated rings. The predicted octanol–water partition coefficient (Wildman–Crippen LogP) is 3.01. The molecule has 0 radical (unpaired) electrons. The van der Waals surface area contributed by atoms with Crippen LogP contribution in [0.1, 0.15) is 5.56 Å². The number of rotatable bonds is 7. The zero-order valence-electron chi connectivity index (χ0n) is 13.8. The Labute approximate surface area is 145 Å². The molecule has 0 aliphatic carbocycles. The number of hydrogen-bond acceptors (Lipinski definition) is 4. The van der Waals surface area contributed by atoms with Crippen LogP contribution in [0.15, 0.2) is 60.3 Å². The average molecular weight is 339 g/mol. The fourth-order valence-corrected chi connectivity index (χ4v) is 2.10. The molecule has 0 atom stereocenters. The van der Waals surface area contributed by atoms with E-state index in [-0.39, 0.29) is 5.57 Å². The van der Waals surface area contributed by atoms with Gasteiger partial charge < -0.3 is 15.4 Å². The maximum Gasteiger partial charge on any atom is 0.267 e. The Bertz CT molecular complexity index is 795. The number of anilines is 1. The van der Waals surface area contributed by atoms with Crippen molar-refractivity contribution in [1.29, 1.82) is 5.26 Å². The number of amides is 1. The maximum absolute atomic E-state index is 12.8. The van der Waals surface area contributed by atoms with Gasteiger partial charge in [0, 0.05) is 18.4 Å². The zero-order valence-corrected chi connectivity index (χ0v) is 13.8. The van der Waals surface area contributed by atoms with E-state index in [1.807, 2.05) is 30.3 Å². The summed E-state index contributed by atoms with van der Waals surface area (Å²) in [5.74, 6) is -0.166. The first-order chi connectivity index (χ1) is 12.1.